The summed E-state index contributed by atoms with van der Waals surface area (Å²) in [7, 11) is -3.15. The van der Waals surface area contributed by atoms with Gasteiger partial charge in [0.05, 0.1) is 5.75 Å². The second-order valence-electron chi connectivity index (χ2n) is 5.85. The van der Waals surface area contributed by atoms with Crippen molar-refractivity contribution >= 4 is 15.7 Å². The predicted molar refractivity (Wildman–Crippen MR) is 85.2 cm³/mol. The average molecular weight is 322 g/mol. The van der Waals surface area contributed by atoms with Gasteiger partial charge in [-0.05, 0) is 31.4 Å². The zero-order valence-corrected chi connectivity index (χ0v) is 13.7. The topological polar surface area (TPSA) is 67.6 Å². The fourth-order valence-electron chi connectivity index (χ4n) is 3.00. The molecule has 120 valence electrons. The van der Waals surface area contributed by atoms with Gasteiger partial charge in [-0.3, -0.25) is 4.40 Å². The molecule has 0 aliphatic carbocycles. The molecule has 0 aromatic carbocycles. The van der Waals surface area contributed by atoms with Crippen molar-refractivity contribution in [1.82, 2.24) is 18.9 Å². The van der Waals surface area contributed by atoms with Crippen LogP contribution in [0, 0.1) is 0 Å². The molecule has 2 aromatic rings. The summed E-state index contributed by atoms with van der Waals surface area (Å²) >= 11 is 0. The SMILES string of the molecule is CCCCS(=O)(=O)N1CCCC(c2nnc3ccccn23)C1. The molecule has 0 radical (unpaired) electrons. The molecule has 1 saturated heterocycles. The van der Waals surface area contributed by atoms with Crippen LogP contribution < -0.4 is 0 Å². The maximum absolute atomic E-state index is 12.4. The molecule has 3 heterocycles. The summed E-state index contributed by atoms with van der Waals surface area (Å²) in [5.41, 5.74) is 0.809. The number of aromatic nitrogens is 3. The van der Waals surface area contributed by atoms with Gasteiger partial charge in [0.2, 0.25) is 10.0 Å². The van der Waals surface area contributed by atoms with Gasteiger partial charge < -0.3 is 0 Å². The molecule has 1 atom stereocenters. The van der Waals surface area contributed by atoms with E-state index >= 15 is 0 Å². The van der Waals surface area contributed by atoms with Gasteiger partial charge in [-0.15, -0.1) is 10.2 Å². The molecule has 0 amide bonds. The number of fused-ring (bicyclic) bond motifs is 1. The Morgan fingerprint density at radius 1 is 1.32 bits per heavy atom. The summed E-state index contributed by atoms with van der Waals surface area (Å²) < 4.78 is 28.4. The van der Waals surface area contributed by atoms with Crippen molar-refractivity contribution in [2.24, 2.45) is 0 Å². The lowest BCUT2D eigenvalue weighted by atomic mass is 9.99. The lowest BCUT2D eigenvalue weighted by Crippen LogP contribution is -2.40. The summed E-state index contributed by atoms with van der Waals surface area (Å²) in [6, 6.07) is 5.78. The Labute approximate surface area is 131 Å². The molecule has 22 heavy (non-hydrogen) atoms. The summed E-state index contributed by atoms with van der Waals surface area (Å²) in [6.07, 6.45) is 5.38. The Morgan fingerprint density at radius 2 is 2.18 bits per heavy atom. The minimum Gasteiger partial charge on any atom is -0.286 e. The molecular formula is C15H22N4O2S. The Kier molecular flexibility index (Phi) is 4.44. The molecule has 0 saturated carbocycles. The van der Waals surface area contributed by atoms with Crippen LogP contribution in [0.1, 0.15) is 44.3 Å². The molecule has 1 aliphatic rings. The van der Waals surface area contributed by atoms with Gasteiger partial charge >= 0.3 is 0 Å². The van der Waals surface area contributed by atoms with Gasteiger partial charge in [0, 0.05) is 25.2 Å². The van der Waals surface area contributed by atoms with E-state index in [1.807, 2.05) is 35.7 Å². The highest BCUT2D eigenvalue weighted by atomic mass is 32.2. The summed E-state index contributed by atoms with van der Waals surface area (Å²) in [6.45, 7) is 3.15. The van der Waals surface area contributed by atoms with Crippen LogP contribution in [-0.4, -0.2) is 46.2 Å². The van der Waals surface area contributed by atoms with Crippen LogP contribution in [0.3, 0.4) is 0 Å². The third kappa shape index (κ3) is 3.01. The first-order chi connectivity index (χ1) is 10.6. The van der Waals surface area contributed by atoms with E-state index in [4.69, 9.17) is 0 Å². The minimum absolute atomic E-state index is 0.113. The number of pyridine rings is 1. The predicted octanol–water partition coefficient (Wildman–Crippen LogP) is 2.04. The minimum atomic E-state index is -3.15. The highest BCUT2D eigenvalue weighted by molar-refractivity contribution is 7.89. The third-order valence-electron chi connectivity index (χ3n) is 4.24. The van der Waals surface area contributed by atoms with E-state index in [0.717, 1.165) is 37.2 Å². The van der Waals surface area contributed by atoms with Gasteiger partial charge in [-0.2, -0.15) is 0 Å². The highest BCUT2D eigenvalue weighted by Gasteiger charge is 2.31. The Balaban J connectivity index is 1.81. The van der Waals surface area contributed by atoms with Crippen molar-refractivity contribution in [3.05, 3.63) is 30.2 Å². The van der Waals surface area contributed by atoms with Gasteiger partial charge in [-0.1, -0.05) is 19.4 Å². The number of sulfonamides is 1. The maximum Gasteiger partial charge on any atom is 0.214 e. The maximum atomic E-state index is 12.4. The molecule has 6 nitrogen and oxygen atoms in total. The van der Waals surface area contributed by atoms with E-state index in [1.165, 1.54) is 0 Å². The molecule has 1 fully saturated rings. The third-order valence-corrected chi connectivity index (χ3v) is 6.16. The van der Waals surface area contributed by atoms with Crippen molar-refractivity contribution in [2.75, 3.05) is 18.8 Å². The zero-order valence-electron chi connectivity index (χ0n) is 12.9. The standard InChI is InChI=1S/C15H22N4O2S/c1-2-3-11-22(20,21)18-9-6-7-13(12-18)15-17-16-14-8-4-5-10-19(14)15/h4-5,8,10,13H,2-3,6-7,9,11-12H2,1H3. The largest absolute Gasteiger partial charge is 0.286 e. The average Bonchev–Trinajstić information content (AvgIpc) is 2.97. The monoisotopic (exact) mass is 322 g/mol. The molecule has 1 aliphatic heterocycles. The summed E-state index contributed by atoms with van der Waals surface area (Å²) in [5, 5.41) is 8.46. The number of hydrogen-bond donors (Lipinski definition) is 0. The smallest absolute Gasteiger partial charge is 0.214 e. The van der Waals surface area contributed by atoms with Gasteiger partial charge in [0.1, 0.15) is 5.82 Å². The van der Waals surface area contributed by atoms with Crippen LogP contribution in [0.25, 0.3) is 5.65 Å². The molecule has 1 unspecified atom stereocenters. The lowest BCUT2D eigenvalue weighted by Gasteiger charge is -2.31. The van der Waals surface area contributed by atoms with Gasteiger partial charge in [-0.25, -0.2) is 12.7 Å². The Morgan fingerprint density at radius 3 is 3.00 bits per heavy atom. The van der Waals surface area contributed by atoms with Gasteiger partial charge in [0.15, 0.2) is 5.65 Å². The Bertz CT molecular complexity index is 741. The fraction of sp³-hybridized carbons (Fsp3) is 0.600. The van der Waals surface area contributed by atoms with Crippen molar-refractivity contribution in [1.29, 1.82) is 0 Å². The second-order valence-corrected chi connectivity index (χ2v) is 7.94. The van der Waals surface area contributed by atoms with E-state index in [-0.39, 0.29) is 11.7 Å². The fourth-order valence-corrected chi connectivity index (χ4v) is 4.73. The number of piperidine rings is 1. The molecule has 0 spiro atoms. The number of hydrogen-bond acceptors (Lipinski definition) is 4. The molecule has 0 bridgehead atoms. The van der Waals surface area contributed by atoms with Crippen molar-refractivity contribution in [3.8, 4) is 0 Å². The molecule has 0 N–H and O–H groups in total. The van der Waals surface area contributed by atoms with Crippen molar-refractivity contribution < 1.29 is 8.42 Å². The van der Waals surface area contributed by atoms with Gasteiger partial charge in [0.25, 0.3) is 0 Å². The number of unbranched alkanes of at least 4 members (excludes halogenated alkanes) is 1. The Hall–Kier alpha value is -1.47. The normalized spacial score (nSPS) is 20.5. The molecule has 3 rings (SSSR count). The first-order valence-corrected chi connectivity index (χ1v) is 9.50. The van der Waals surface area contributed by atoms with Crippen molar-refractivity contribution in [2.45, 2.75) is 38.5 Å². The zero-order chi connectivity index (χ0) is 15.6. The second kappa shape index (κ2) is 6.34. The van der Waals surface area contributed by atoms with Crippen LogP contribution in [0.2, 0.25) is 0 Å². The van der Waals surface area contributed by atoms with Crippen LogP contribution in [0.4, 0.5) is 0 Å². The molecule has 7 heteroatoms. The number of rotatable bonds is 5. The summed E-state index contributed by atoms with van der Waals surface area (Å²) in [4.78, 5) is 0. The summed E-state index contributed by atoms with van der Waals surface area (Å²) in [5.74, 6) is 1.23. The first-order valence-electron chi connectivity index (χ1n) is 7.89. The van der Waals surface area contributed by atoms with Crippen molar-refractivity contribution in [3.63, 3.8) is 0 Å². The first kappa shape index (κ1) is 15.4. The van der Waals surface area contributed by atoms with E-state index in [2.05, 4.69) is 10.2 Å². The van der Waals surface area contributed by atoms with E-state index in [9.17, 15) is 8.42 Å². The van der Waals surface area contributed by atoms with E-state index in [0.29, 0.717) is 13.1 Å². The quantitative estimate of drug-likeness (QED) is 0.845. The molecule has 2 aromatic heterocycles. The number of nitrogens with zero attached hydrogens (tertiary/aromatic N) is 4. The van der Waals surface area contributed by atoms with Crippen LogP contribution in [0.15, 0.2) is 24.4 Å². The lowest BCUT2D eigenvalue weighted by molar-refractivity contribution is 0.308. The molecular weight excluding hydrogens is 300 g/mol. The van der Waals surface area contributed by atoms with E-state index < -0.39 is 10.0 Å². The van der Waals surface area contributed by atoms with Crippen LogP contribution in [0.5, 0.6) is 0 Å². The van der Waals surface area contributed by atoms with Crippen LogP contribution >= 0.6 is 0 Å². The highest BCUT2D eigenvalue weighted by Crippen LogP contribution is 2.27. The van der Waals surface area contributed by atoms with Crippen LogP contribution in [-0.2, 0) is 10.0 Å². The van der Waals surface area contributed by atoms with E-state index in [1.54, 1.807) is 4.31 Å².